The number of nitrogens with zero attached hydrogens (tertiary/aromatic N) is 2. The van der Waals surface area contributed by atoms with Crippen LogP contribution in [0.15, 0.2) is 36.7 Å². The van der Waals surface area contributed by atoms with Crippen LogP contribution in [0, 0.1) is 0 Å². The number of aryl methyl sites for hydroxylation is 2. The number of hydrogen-bond acceptors (Lipinski definition) is 1. The largest absolute Gasteiger partial charge is 1.00 e. The molecule has 0 saturated carbocycles. The van der Waals surface area contributed by atoms with Crippen molar-refractivity contribution in [3.63, 3.8) is 0 Å². The molecule has 1 aromatic carbocycles. The van der Waals surface area contributed by atoms with Crippen molar-refractivity contribution in [1.29, 1.82) is 0 Å². The molecule has 3 aromatic rings. The van der Waals surface area contributed by atoms with Crippen LogP contribution in [0.2, 0.25) is 0 Å². The van der Waals surface area contributed by atoms with Gasteiger partial charge >= 0.3 is 0 Å². The highest BCUT2D eigenvalue weighted by atomic mass is 127. The number of fused-ring (bicyclic) bond motifs is 3. The molecule has 20 heavy (non-hydrogen) atoms. The molecule has 0 unspecified atom stereocenters. The van der Waals surface area contributed by atoms with E-state index in [4.69, 9.17) is 4.74 Å². The smallest absolute Gasteiger partial charge is 0.193 e. The summed E-state index contributed by atoms with van der Waals surface area (Å²) in [6.45, 7) is 3.25. The quantitative estimate of drug-likeness (QED) is 0.462. The molecule has 0 radical (unpaired) electrons. The van der Waals surface area contributed by atoms with E-state index in [9.17, 15) is 0 Å². The third kappa shape index (κ3) is 2.37. The Morgan fingerprint density at radius 1 is 1.15 bits per heavy atom. The molecule has 0 fully saturated rings. The molecule has 3 rings (SSSR count). The van der Waals surface area contributed by atoms with Crippen LogP contribution in [-0.4, -0.2) is 11.7 Å². The Balaban J connectivity index is 0.00000147. The van der Waals surface area contributed by atoms with Gasteiger partial charge in [-0.1, -0.05) is 6.92 Å². The summed E-state index contributed by atoms with van der Waals surface area (Å²) in [5.41, 5.74) is 2.47. The summed E-state index contributed by atoms with van der Waals surface area (Å²) in [6, 6.07) is 8.47. The third-order valence-corrected chi connectivity index (χ3v) is 3.70. The van der Waals surface area contributed by atoms with Crippen molar-refractivity contribution >= 4 is 21.8 Å². The van der Waals surface area contributed by atoms with E-state index >= 15 is 0 Å². The van der Waals surface area contributed by atoms with Crippen LogP contribution >= 0.6 is 0 Å². The normalized spacial score (nSPS) is 10.8. The Labute approximate surface area is 136 Å². The summed E-state index contributed by atoms with van der Waals surface area (Å²) < 4.78 is 9.80. The highest BCUT2D eigenvalue weighted by Gasteiger charge is 2.12. The fourth-order valence-electron chi connectivity index (χ4n) is 2.69. The number of ether oxygens (including phenoxy) is 1. The van der Waals surface area contributed by atoms with E-state index < -0.39 is 0 Å². The fraction of sp³-hybridized carbons (Fsp3) is 0.312. The van der Waals surface area contributed by atoms with E-state index in [1.54, 1.807) is 7.11 Å². The Kier molecular flexibility index (Phi) is 4.52. The van der Waals surface area contributed by atoms with Crippen LogP contribution in [0.1, 0.15) is 13.3 Å². The second-order valence-electron chi connectivity index (χ2n) is 4.92. The van der Waals surface area contributed by atoms with Gasteiger partial charge in [0.2, 0.25) is 0 Å². The summed E-state index contributed by atoms with van der Waals surface area (Å²) >= 11 is 0. The van der Waals surface area contributed by atoms with Gasteiger partial charge in [0.15, 0.2) is 12.4 Å². The zero-order valence-corrected chi connectivity index (χ0v) is 14.2. The number of rotatable bonds is 3. The minimum Gasteiger partial charge on any atom is -1.00 e. The van der Waals surface area contributed by atoms with Gasteiger partial charge in [-0.15, -0.1) is 0 Å². The summed E-state index contributed by atoms with van der Waals surface area (Å²) in [4.78, 5) is 0. The second kappa shape index (κ2) is 5.99. The second-order valence-corrected chi connectivity index (χ2v) is 4.92. The first-order valence-corrected chi connectivity index (χ1v) is 6.70. The predicted octanol–water partition coefficient (Wildman–Crippen LogP) is 0.0416. The van der Waals surface area contributed by atoms with E-state index in [2.05, 4.69) is 53.7 Å². The highest BCUT2D eigenvalue weighted by molar-refractivity contribution is 6.07. The maximum absolute atomic E-state index is 5.32. The van der Waals surface area contributed by atoms with E-state index in [-0.39, 0.29) is 24.0 Å². The van der Waals surface area contributed by atoms with Gasteiger partial charge in [-0.3, -0.25) is 0 Å². The van der Waals surface area contributed by atoms with Crippen LogP contribution < -0.4 is 33.3 Å². The van der Waals surface area contributed by atoms with E-state index in [0.29, 0.717) is 0 Å². The molecule has 4 heteroatoms. The molecule has 0 spiro atoms. The van der Waals surface area contributed by atoms with Crippen molar-refractivity contribution in [3.8, 4) is 5.75 Å². The van der Waals surface area contributed by atoms with Crippen LogP contribution in [-0.2, 0) is 13.6 Å². The molecule has 0 aliphatic rings. The zero-order valence-electron chi connectivity index (χ0n) is 12.1. The number of hydrogen-bond donors (Lipinski definition) is 0. The molecule has 0 bridgehead atoms. The monoisotopic (exact) mass is 382 g/mol. The van der Waals surface area contributed by atoms with Crippen molar-refractivity contribution in [2.45, 2.75) is 19.9 Å². The first-order valence-electron chi connectivity index (χ1n) is 6.70. The lowest BCUT2D eigenvalue weighted by molar-refractivity contribution is -0.695. The van der Waals surface area contributed by atoms with Gasteiger partial charge in [0.05, 0.1) is 12.6 Å². The van der Waals surface area contributed by atoms with E-state index in [0.717, 1.165) is 18.7 Å². The van der Waals surface area contributed by atoms with Crippen molar-refractivity contribution in [3.05, 3.63) is 36.7 Å². The summed E-state index contributed by atoms with van der Waals surface area (Å²) in [5, 5.41) is 2.58. The van der Waals surface area contributed by atoms with Gasteiger partial charge in [0.1, 0.15) is 17.8 Å². The molecule has 0 amide bonds. The average Bonchev–Trinajstić information content (AvgIpc) is 2.72. The first kappa shape index (κ1) is 15.1. The van der Waals surface area contributed by atoms with Gasteiger partial charge < -0.3 is 33.3 Å². The van der Waals surface area contributed by atoms with Crippen molar-refractivity contribution in [1.82, 2.24) is 4.57 Å². The Morgan fingerprint density at radius 2 is 1.90 bits per heavy atom. The predicted molar refractivity (Wildman–Crippen MR) is 77.5 cm³/mol. The number of halogens is 1. The number of aromatic nitrogens is 2. The van der Waals surface area contributed by atoms with Crippen molar-refractivity contribution in [2.24, 2.45) is 7.05 Å². The van der Waals surface area contributed by atoms with Gasteiger partial charge in [-0.2, -0.15) is 0 Å². The first-order chi connectivity index (χ1) is 9.24. The fourth-order valence-corrected chi connectivity index (χ4v) is 2.69. The van der Waals surface area contributed by atoms with Gasteiger partial charge in [-0.25, -0.2) is 4.57 Å². The highest BCUT2D eigenvalue weighted by Crippen LogP contribution is 2.29. The van der Waals surface area contributed by atoms with Crippen LogP contribution in [0.25, 0.3) is 21.8 Å². The van der Waals surface area contributed by atoms with E-state index in [1.165, 1.54) is 21.8 Å². The number of methoxy groups -OCH3 is 1. The summed E-state index contributed by atoms with van der Waals surface area (Å²) in [5.74, 6) is 0.903. The van der Waals surface area contributed by atoms with Crippen molar-refractivity contribution in [2.75, 3.05) is 7.11 Å². The lowest BCUT2D eigenvalue weighted by Gasteiger charge is -2.01. The van der Waals surface area contributed by atoms with E-state index in [1.807, 2.05) is 6.07 Å². The van der Waals surface area contributed by atoms with Crippen molar-refractivity contribution < 1.29 is 33.3 Å². The summed E-state index contributed by atoms with van der Waals surface area (Å²) in [7, 11) is 3.82. The maximum atomic E-state index is 5.32. The van der Waals surface area contributed by atoms with Crippen LogP contribution in [0.5, 0.6) is 5.75 Å². The minimum atomic E-state index is 0. The molecular weight excluding hydrogens is 363 g/mol. The lowest BCUT2D eigenvalue weighted by Crippen LogP contribution is -3.00. The minimum absolute atomic E-state index is 0. The van der Waals surface area contributed by atoms with Gasteiger partial charge in [0.25, 0.3) is 0 Å². The number of benzene rings is 1. The zero-order chi connectivity index (χ0) is 13.4. The number of pyridine rings is 1. The molecule has 2 aromatic heterocycles. The third-order valence-electron chi connectivity index (χ3n) is 3.70. The molecular formula is C16H19IN2O. The molecule has 0 aliphatic carbocycles. The Bertz CT molecular complexity index is 749. The Morgan fingerprint density at radius 3 is 2.60 bits per heavy atom. The average molecular weight is 382 g/mol. The maximum Gasteiger partial charge on any atom is 0.193 e. The molecule has 0 atom stereocenters. The molecule has 3 nitrogen and oxygen atoms in total. The van der Waals surface area contributed by atoms with Gasteiger partial charge in [0, 0.05) is 36.4 Å². The molecule has 2 heterocycles. The molecule has 0 aliphatic heterocycles. The summed E-state index contributed by atoms with van der Waals surface area (Å²) in [6.07, 6.45) is 5.54. The van der Waals surface area contributed by atoms with Crippen LogP contribution in [0.4, 0.5) is 0 Å². The molecule has 0 N–H and O–H groups in total. The molecule has 106 valence electrons. The molecule has 0 saturated heterocycles. The topological polar surface area (TPSA) is 18.0 Å². The Hall–Kier alpha value is -1.30. The van der Waals surface area contributed by atoms with Gasteiger partial charge in [-0.05, 0) is 12.1 Å². The van der Waals surface area contributed by atoms with Crippen LogP contribution in [0.3, 0.4) is 0 Å². The standard InChI is InChI=1S/C16H19N2O.HI/c1-4-8-18-9-7-14-13-6-5-12(19-3)10-15(13)17(2)16(14)11-18;/h5-7,9-11H,4,8H2,1-3H3;1H/q+1;/p-1. The lowest BCUT2D eigenvalue weighted by atomic mass is 10.2. The SMILES string of the molecule is CCC[n+]1ccc2c3ccc(OC)cc3n(C)c2c1.[I-].